The molecular formula is C9H10Cl2N2O2. The molecule has 0 spiro atoms. The molecule has 1 aromatic heterocycles. The Kier molecular flexibility index (Phi) is 4.32. The highest BCUT2D eigenvalue weighted by Crippen LogP contribution is 2.17. The van der Waals surface area contributed by atoms with Gasteiger partial charge >= 0.3 is 0 Å². The number of nitrogens with zero attached hydrogens (tertiary/aromatic N) is 1. The first-order valence-corrected chi connectivity index (χ1v) is 5.03. The molecule has 0 aromatic carbocycles. The lowest BCUT2D eigenvalue weighted by molar-refractivity contribution is 0.0924. The monoisotopic (exact) mass is 248 g/mol. The summed E-state index contributed by atoms with van der Waals surface area (Å²) in [6.45, 7) is 1.73. The zero-order chi connectivity index (χ0) is 11.4. The zero-order valence-electron chi connectivity index (χ0n) is 8.00. The molecule has 1 rings (SSSR count). The fourth-order valence-electron chi connectivity index (χ4n) is 0.923. The Morgan fingerprint density at radius 1 is 1.67 bits per heavy atom. The quantitative estimate of drug-likeness (QED) is 0.798. The number of halogens is 2. The smallest absolute Gasteiger partial charge is 0.253 e. The Morgan fingerprint density at radius 2 is 2.33 bits per heavy atom. The van der Waals surface area contributed by atoms with E-state index in [1.54, 1.807) is 6.92 Å². The molecule has 0 unspecified atom stereocenters. The van der Waals surface area contributed by atoms with E-state index in [4.69, 9.17) is 28.3 Å². The maximum Gasteiger partial charge on any atom is 0.253 e. The van der Waals surface area contributed by atoms with Gasteiger partial charge in [-0.3, -0.25) is 4.79 Å². The third-order valence-electron chi connectivity index (χ3n) is 1.62. The summed E-state index contributed by atoms with van der Waals surface area (Å²) < 4.78 is 0. The number of amides is 1. The van der Waals surface area contributed by atoms with Crippen molar-refractivity contribution >= 4 is 29.1 Å². The molecule has 0 bridgehead atoms. The van der Waals surface area contributed by atoms with E-state index in [1.165, 1.54) is 12.3 Å². The van der Waals surface area contributed by atoms with Crippen LogP contribution in [-0.2, 0) is 0 Å². The molecular weight excluding hydrogens is 239 g/mol. The Bertz CT molecular complexity index is 369. The fourth-order valence-corrected chi connectivity index (χ4v) is 1.27. The van der Waals surface area contributed by atoms with Gasteiger partial charge in [-0.15, -0.1) is 0 Å². The van der Waals surface area contributed by atoms with Gasteiger partial charge in [0.25, 0.3) is 5.91 Å². The number of carbonyl (C=O) groups is 1. The number of nitrogens with one attached hydrogen (secondary N) is 1. The summed E-state index contributed by atoms with van der Waals surface area (Å²) in [5.41, 5.74) is 0.248. The molecule has 1 heterocycles. The number of hydrogen-bond donors (Lipinski definition) is 2. The number of pyridine rings is 1. The first-order valence-electron chi connectivity index (χ1n) is 4.28. The second kappa shape index (κ2) is 5.30. The predicted octanol–water partition coefficient (Wildman–Crippen LogP) is 1.50. The van der Waals surface area contributed by atoms with Crippen LogP contribution in [0.3, 0.4) is 0 Å². The van der Waals surface area contributed by atoms with Gasteiger partial charge in [-0.25, -0.2) is 4.98 Å². The molecule has 0 aliphatic heterocycles. The summed E-state index contributed by atoms with van der Waals surface area (Å²) >= 11 is 11.4. The second-order valence-electron chi connectivity index (χ2n) is 3.05. The van der Waals surface area contributed by atoms with E-state index >= 15 is 0 Å². The molecule has 6 heteroatoms. The molecule has 0 saturated carbocycles. The topological polar surface area (TPSA) is 62.2 Å². The molecule has 15 heavy (non-hydrogen) atoms. The number of carbonyl (C=O) groups excluding carboxylic acids is 1. The van der Waals surface area contributed by atoms with E-state index in [0.29, 0.717) is 0 Å². The van der Waals surface area contributed by atoms with Crippen molar-refractivity contribution in [3.05, 3.63) is 28.0 Å². The Labute approximate surface area is 97.2 Å². The standard InChI is InChI=1S/C9H10Cl2N2O2/c1-5(14)3-13-9(15)6-2-8(11)12-4-7(6)10/h2,4-5,14H,3H2,1H3,(H,13,15)/t5-/m0/s1. The normalized spacial score (nSPS) is 12.3. The minimum Gasteiger partial charge on any atom is -0.392 e. The predicted molar refractivity (Wildman–Crippen MR) is 58.3 cm³/mol. The van der Waals surface area contributed by atoms with Crippen LogP contribution >= 0.6 is 23.2 Å². The lowest BCUT2D eigenvalue weighted by Gasteiger charge is -2.08. The highest BCUT2D eigenvalue weighted by Gasteiger charge is 2.11. The first-order chi connectivity index (χ1) is 7.00. The van der Waals surface area contributed by atoms with Gasteiger partial charge in [0, 0.05) is 12.7 Å². The second-order valence-corrected chi connectivity index (χ2v) is 3.84. The molecule has 0 saturated heterocycles. The Balaban J connectivity index is 2.77. The van der Waals surface area contributed by atoms with E-state index in [1.807, 2.05) is 0 Å². The maximum atomic E-state index is 11.5. The molecule has 1 amide bonds. The van der Waals surface area contributed by atoms with Crippen LogP contribution < -0.4 is 5.32 Å². The van der Waals surface area contributed by atoms with Gasteiger partial charge in [-0.05, 0) is 13.0 Å². The van der Waals surface area contributed by atoms with Crippen LogP contribution in [0.15, 0.2) is 12.3 Å². The van der Waals surface area contributed by atoms with Gasteiger partial charge in [-0.2, -0.15) is 0 Å². The number of hydrogen-bond acceptors (Lipinski definition) is 3. The van der Waals surface area contributed by atoms with Crippen molar-refractivity contribution in [2.45, 2.75) is 13.0 Å². The van der Waals surface area contributed by atoms with E-state index in [-0.39, 0.29) is 28.2 Å². The van der Waals surface area contributed by atoms with Gasteiger partial charge in [-0.1, -0.05) is 23.2 Å². The fraction of sp³-hybridized carbons (Fsp3) is 0.333. The summed E-state index contributed by atoms with van der Waals surface area (Å²) in [4.78, 5) is 15.3. The number of aliphatic hydroxyl groups is 1. The minimum atomic E-state index is -0.606. The third kappa shape index (κ3) is 3.66. The average molecular weight is 249 g/mol. The van der Waals surface area contributed by atoms with Crippen LogP contribution in [0.1, 0.15) is 17.3 Å². The molecule has 4 nitrogen and oxygen atoms in total. The molecule has 0 aliphatic rings. The van der Waals surface area contributed by atoms with Crippen molar-refractivity contribution in [1.29, 1.82) is 0 Å². The lowest BCUT2D eigenvalue weighted by atomic mass is 10.2. The van der Waals surface area contributed by atoms with Crippen molar-refractivity contribution in [2.75, 3.05) is 6.54 Å². The van der Waals surface area contributed by atoms with Crippen LogP contribution in [0.25, 0.3) is 0 Å². The number of aromatic nitrogens is 1. The summed E-state index contributed by atoms with van der Waals surface area (Å²) in [6.07, 6.45) is 0.700. The first kappa shape index (κ1) is 12.2. The van der Waals surface area contributed by atoms with Crippen molar-refractivity contribution in [3.63, 3.8) is 0 Å². The van der Waals surface area contributed by atoms with Crippen molar-refractivity contribution < 1.29 is 9.90 Å². The summed E-state index contributed by atoms with van der Waals surface area (Å²) in [6, 6.07) is 1.38. The Hall–Kier alpha value is -0.840. The molecule has 0 fully saturated rings. The maximum absolute atomic E-state index is 11.5. The van der Waals surface area contributed by atoms with Crippen LogP contribution in [-0.4, -0.2) is 28.6 Å². The minimum absolute atomic E-state index is 0.162. The molecule has 1 aromatic rings. The van der Waals surface area contributed by atoms with Crippen molar-refractivity contribution in [2.24, 2.45) is 0 Å². The van der Waals surface area contributed by atoms with E-state index in [0.717, 1.165) is 0 Å². The Morgan fingerprint density at radius 3 is 2.93 bits per heavy atom. The largest absolute Gasteiger partial charge is 0.392 e. The van der Waals surface area contributed by atoms with E-state index < -0.39 is 6.10 Å². The van der Waals surface area contributed by atoms with Crippen LogP contribution in [0.4, 0.5) is 0 Å². The van der Waals surface area contributed by atoms with Gasteiger partial charge in [0.2, 0.25) is 0 Å². The van der Waals surface area contributed by atoms with Crippen LogP contribution in [0.2, 0.25) is 10.2 Å². The van der Waals surface area contributed by atoms with Crippen LogP contribution in [0.5, 0.6) is 0 Å². The van der Waals surface area contributed by atoms with Crippen LogP contribution in [0, 0.1) is 0 Å². The third-order valence-corrected chi connectivity index (χ3v) is 2.13. The average Bonchev–Trinajstić information content (AvgIpc) is 2.18. The van der Waals surface area contributed by atoms with Gasteiger partial charge in [0.15, 0.2) is 0 Å². The molecule has 2 N–H and O–H groups in total. The highest BCUT2D eigenvalue weighted by molar-refractivity contribution is 6.35. The molecule has 82 valence electrons. The van der Waals surface area contributed by atoms with E-state index in [2.05, 4.69) is 10.3 Å². The summed E-state index contributed by atoms with van der Waals surface area (Å²) in [5.74, 6) is -0.384. The molecule has 0 radical (unpaired) electrons. The molecule has 1 atom stereocenters. The van der Waals surface area contributed by atoms with Crippen molar-refractivity contribution in [1.82, 2.24) is 10.3 Å². The SMILES string of the molecule is C[C@H](O)CNC(=O)c1cc(Cl)ncc1Cl. The zero-order valence-corrected chi connectivity index (χ0v) is 9.51. The van der Waals surface area contributed by atoms with Crippen molar-refractivity contribution in [3.8, 4) is 0 Å². The van der Waals surface area contributed by atoms with Gasteiger partial charge in [0.05, 0.1) is 16.7 Å². The highest BCUT2D eigenvalue weighted by atomic mass is 35.5. The van der Waals surface area contributed by atoms with E-state index in [9.17, 15) is 4.79 Å². The summed E-state index contributed by atoms with van der Waals surface area (Å²) in [7, 11) is 0. The van der Waals surface area contributed by atoms with Gasteiger partial charge < -0.3 is 10.4 Å². The number of rotatable bonds is 3. The molecule has 0 aliphatic carbocycles. The number of aliphatic hydroxyl groups excluding tert-OH is 1. The van der Waals surface area contributed by atoms with Gasteiger partial charge in [0.1, 0.15) is 5.15 Å². The summed E-state index contributed by atoms with van der Waals surface area (Å²) in [5, 5.41) is 11.9. The lowest BCUT2D eigenvalue weighted by Crippen LogP contribution is -2.30.